The van der Waals surface area contributed by atoms with Crippen molar-refractivity contribution in [3.8, 4) is 0 Å². The Kier molecular flexibility index (Phi) is 5.98. The van der Waals surface area contributed by atoms with Crippen LogP contribution in [-0.2, 0) is 4.79 Å². The molecule has 21 heavy (non-hydrogen) atoms. The van der Waals surface area contributed by atoms with E-state index >= 15 is 0 Å². The first-order valence-corrected chi connectivity index (χ1v) is 8.11. The van der Waals surface area contributed by atoms with Gasteiger partial charge in [-0.05, 0) is 65.6 Å². The second-order valence-electron chi connectivity index (χ2n) is 5.29. The average Bonchev–Trinajstić information content (AvgIpc) is 2.47. The maximum atomic E-state index is 12.4. The Labute approximate surface area is 137 Å². The second kappa shape index (κ2) is 7.74. The van der Waals surface area contributed by atoms with Crippen LogP contribution in [-0.4, -0.2) is 48.1 Å². The number of nitrogens with one attached hydrogen (secondary N) is 1. The highest BCUT2D eigenvalue weighted by molar-refractivity contribution is 14.1. The number of aliphatic carboxylic acids is 1. The van der Waals surface area contributed by atoms with Gasteiger partial charge in [0, 0.05) is 28.8 Å². The molecular weight excluding hydrogens is 383 g/mol. The van der Waals surface area contributed by atoms with Crippen molar-refractivity contribution >= 4 is 34.5 Å². The molecule has 1 aromatic rings. The zero-order valence-electron chi connectivity index (χ0n) is 11.7. The Hall–Kier alpha value is -1.15. The van der Waals surface area contributed by atoms with Gasteiger partial charge in [0.1, 0.15) is 0 Å². The van der Waals surface area contributed by atoms with Gasteiger partial charge in [0.2, 0.25) is 0 Å². The van der Waals surface area contributed by atoms with E-state index in [-0.39, 0.29) is 12.5 Å². The largest absolute Gasteiger partial charge is 0.480 e. The fourth-order valence-electron chi connectivity index (χ4n) is 2.57. The maximum absolute atomic E-state index is 12.4. The predicted octanol–water partition coefficient (Wildman–Crippen LogP) is 1.82. The SMILES string of the molecule is O=C(O)CNCC1CCCN(C(=O)c2ccc(I)cc2)C1. The monoisotopic (exact) mass is 402 g/mol. The fourth-order valence-corrected chi connectivity index (χ4v) is 2.93. The predicted molar refractivity (Wildman–Crippen MR) is 88.3 cm³/mol. The van der Waals surface area contributed by atoms with E-state index in [1.54, 1.807) is 0 Å². The van der Waals surface area contributed by atoms with Gasteiger partial charge in [0.15, 0.2) is 0 Å². The van der Waals surface area contributed by atoms with E-state index in [1.165, 1.54) is 0 Å². The van der Waals surface area contributed by atoms with Crippen LogP contribution in [0.5, 0.6) is 0 Å². The van der Waals surface area contributed by atoms with Crippen molar-refractivity contribution in [2.45, 2.75) is 12.8 Å². The third-order valence-corrected chi connectivity index (χ3v) is 4.33. The summed E-state index contributed by atoms with van der Waals surface area (Å²) in [7, 11) is 0. The highest BCUT2D eigenvalue weighted by Crippen LogP contribution is 2.18. The molecule has 1 atom stereocenters. The van der Waals surface area contributed by atoms with Gasteiger partial charge < -0.3 is 15.3 Å². The minimum absolute atomic E-state index is 0.0262. The number of likely N-dealkylation sites (tertiary alicyclic amines) is 1. The van der Waals surface area contributed by atoms with E-state index in [0.717, 1.165) is 28.5 Å². The summed E-state index contributed by atoms with van der Waals surface area (Å²) in [6.45, 7) is 2.09. The lowest BCUT2D eigenvalue weighted by Gasteiger charge is -2.33. The number of carboxylic acids is 1. The minimum atomic E-state index is -0.849. The average molecular weight is 402 g/mol. The lowest BCUT2D eigenvalue weighted by molar-refractivity contribution is -0.136. The van der Waals surface area contributed by atoms with E-state index < -0.39 is 5.97 Å². The van der Waals surface area contributed by atoms with Crippen LogP contribution in [0.1, 0.15) is 23.2 Å². The first kappa shape index (κ1) is 16.2. The fraction of sp³-hybridized carbons (Fsp3) is 0.467. The van der Waals surface area contributed by atoms with Gasteiger partial charge in [-0.2, -0.15) is 0 Å². The van der Waals surface area contributed by atoms with Crippen molar-refractivity contribution in [2.75, 3.05) is 26.2 Å². The van der Waals surface area contributed by atoms with Crippen LogP contribution in [0.15, 0.2) is 24.3 Å². The molecule has 2 N–H and O–H groups in total. The number of hydrogen-bond donors (Lipinski definition) is 2. The van der Waals surface area contributed by atoms with Crippen LogP contribution in [0.4, 0.5) is 0 Å². The lowest BCUT2D eigenvalue weighted by Crippen LogP contribution is -2.43. The van der Waals surface area contributed by atoms with Crippen molar-refractivity contribution in [2.24, 2.45) is 5.92 Å². The van der Waals surface area contributed by atoms with Gasteiger partial charge >= 0.3 is 5.97 Å². The number of carbonyl (C=O) groups excluding carboxylic acids is 1. The highest BCUT2D eigenvalue weighted by Gasteiger charge is 2.24. The molecule has 0 aliphatic carbocycles. The molecule has 0 bridgehead atoms. The number of benzene rings is 1. The summed E-state index contributed by atoms with van der Waals surface area (Å²) in [6, 6.07) is 7.58. The molecule has 0 radical (unpaired) electrons. The number of halogens is 1. The third kappa shape index (κ3) is 4.96. The summed E-state index contributed by atoms with van der Waals surface area (Å²) in [5.74, 6) is -0.460. The van der Waals surface area contributed by atoms with Crippen LogP contribution in [0.25, 0.3) is 0 Å². The van der Waals surface area contributed by atoms with Gasteiger partial charge in [-0.3, -0.25) is 9.59 Å². The standard InChI is InChI=1S/C15H19IN2O3/c16-13-5-3-12(4-6-13)15(21)18-7-1-2-11(10-18)8-17-9-14(19)20/h3-6,11,17H,1-2,7-10H2,(H,19,20). The molecule has 5 nitrogen and oxygen atoms in total. The third-order valence-electron chi connectivity index (χ3n) is 3.61. The quantitative estimate of drug-likeness (QED) is 0.738. The summed E-state index contributed by atoms with van der Waals surface area (Å²) < 4.78 is 1.11. The topological polar surface area (TPSA) is 69.6 Å². The normalized spacial score (nSPS) is 18.5. The van der Waals surface area contributed by atoms with E-state index in [2.05, 4.69) is 27.9 Å². The van der Waals surface area contributed by atoms with Crippen molar-refractivity contribution in [3.05, 3.63) is 33.4 Å². The lowest BCUT2D eigenvalue weighted by atomic mass is 9.97. The van der Waals surface area contributed by atoms with E-state index in [0.29, 0.717) is 19.0 Å². The number of rotatable bonds is 5. The van der Waals surface area contributed by atoms with Gasteiger partial charge in [-0.25, -0.2) is 0 Å². The number of amides is 1. The molecule has 114 valence electrons. The summed E-state index contributed by atoms with van der Waals surface area (Å²) >= 11 is 2.22. The van der Waals surface area contributed by atoms with E-state index in [4.69, 9.17) is 5.11 Å². The number of carbonyl (C=O) groups is 2. The Balaban J connectivity index is 1.89. The van der Waals surface area contributed by atoms with Crippen LogP contribution >= 0.6 is 22.6 Å². The Morgan fingerprint density at radius 3 is 2.71 bits per heavy atom. The molecule has 1 fully saturated rings. The van der Waals surface area contributed by atoms with Gasteiger partial charge in [0.25, 0.3) is 5.91 Å². The molecule has 2 rings (SSSR count). The summed E-state index contributed by atoms with van der Waals surface area (Å²) in [6.07, 6.45) is 2.00. The summed E-state index contributed by atoms with van der Waals surface area (Å²) in [4.78, 5) is 24.8. The Bertz CT molecular complexity index is 504. The molecular formula is C15H19IN2O3. The smallest absolute Gasteiger partial charge is 0.317 e. The molecule has 0 saturated carbocycles. The zero-order valence-corrected chi connectivity index (χ0v) is 13.9. The molecule has 1 aliphatic heterocycles. The molecule has 6 heteroatoms. The molecule has 1 aliphatic rings. The molecule has 1 saturated heterocycles. The van der Waals surface area contributed by atoms with Gasteiger partial charge in [-0.1, -0.05) is 0 Å². The molecule has 1 aromatic carbocycles. The summed E-state index contributed by atoms with van der Waals surface area (Å²) in [5.41, 5.74) is 0.717. The van der Waals surface area contributed by atoms with E-state index in [1.807, 2.05) is 29.2 Å². The number of carboxylic acid groups (broad SMARTS) is 1. The van der Waals surface area contributed by atoms with Crippen LogP contribution < -0.4 is 5.32 Å². The Morgan fingerprint density at radius 2 is 2.05 bits per heavy atom. The second-order valence-corrected chi connectivity index (χ2v) is 6.54. The first-order chi connectivity index (χ1) is 10.1. The van der Waals surface area contributed by atoms with Gasteiger partial charge in [0.05, 0.1) is 6.54 Å². The number of nitrogens with zero attached hydrogens (tertiary/aromatic N) is 1. The van der Waals surface area contributed by atoms with Crippen LogP contribution in [0, 0.1) is 9.49 Å². The first-order valence-electron chi connectivity index (χ1n) is 7.03. The molecule has 1 amide bonds. The van der Waals surface area contributed by atoms with Crippen molar-refractivity contribution < 1.29 is 14.7 Å². The molecule has 0 spiro atoms. The van der Waals surface area contributed by atoms with Crippen LogP contribution in [0.3, 0.4) is 0 Å². The Morgan fingerprint density at radius 1 is 1.33 bits per heavy atom. The number of hydrogen-bond acceptors (Lipinski definition) is 3. The van der Waals surface area contributed by atoms with E-state index in [9.17, 15) is 9.59 Å². The molecule has 1 unspecified atom stereocenters. The zero-order chi connectivity index (χ0) is 15.2. The molecule has 0 aromatic heterocycles. The number of piperidine rings is 1. The minimum Gasteiger partial charge on any atom is -0.480 e. The highest BCUT2D eigenvalue weighted by atomic mass is 127. The molecule has 1 heterocycles. The van der Waals surface area contributed by atoms with Gasteiger partial charge in [-0.15, -0.1) is 0 Å². The van der Waals surface area contributed by atoms with Crippen molar-refractivity contribution in [1.29, 1.82) is 0 Å². The van der Waals surface area contributed by atoms with Crippen molar-refractivity contribution in [3.63, 3.8) is 0 Å². The van der Waals surface area contributed by atoms with Crippen LogP contribution in [0.2, 0.25) is 0 Å². The van der Waals surface area contributed by atoms with Crippen molar-refractivity contribution in [1.82, 2.24) is 10.2 Å². The summed E-state index contributed by atoms with van der Waals surface area (Å²) in [5, 5.41) is 11.5. The maximum Gasteiger partial charge on any atom is 0.317 e.